The Morgan fingerprint density at radius 1 is 1.38 bits per heavy atom. The fourth-order valence-electron chi connectivity index (χ4n) is 1.21. The number of hydrogen-bond donors (Lipinski definition) is 1. The van der Waals surface area contributed by atoms with Crippen molar-refractivity contribution in [3.63, 3.8) is 0 Å². The highest BCUT2D eigenvalue weighted by Gasteiger charge is 2.15. The van der Waals surface area contributed by atoms with Crippen molar-refractivity contribution >= 4 is 28.5 Å². The summed E-state index contributed by atoms with van der Waals surface area (Å²) in [4.78, 5) is 10.8. The van der Waals surface area contributed by atoms with Gasteiger partial charge in [-0.25, -0.2) is 4.79 Å². The molecule has 1 N–H and O–H groups in total. The van der Waals surface area contributed by atoms with Crippen LogP contribution in [0.25, 0.3) is 11.0 Å². The van der Waals surface area contributed by atoms with Gasteiger partial charge in [0.05, 0.1) is 11.3 Å². The van der Waals surface area contributed by atoms with Crippen molar-refractivity contribution in [3.05, 3.63) is 35.0 Å². The van der Waals surface area contributed by atoms with E-state index in [1.165, 1.54) is 6.26 Å². The molecule has 0 saturated carbocycles. The second-order valence-corrected chi connectivity index (χ2v) is 2.97. The number of carbonyl (C=O) groups is 1. The summed E-state index contributed by atoms with van der Waals surface area (Å²) in [5.41, 5.74) is 0.337. The van der Waals surface area contributed by atoms with Gasteiger partial charge in [0.1, 0.15) is 11.1 Å². The molecule has 0 unspecified atom stereocenters. The Morgan fingerprint density at radius 2 is 2.15 bits per heavy atom. The van der Waals surface area contributed by atoms with E-state index in [9.17, 15) is 4.79 Å². The monoisotopic (exact) mass is 196 g/mol. The number of rotatable bonds is 1. The number of furan rings is 1. The van der Waals surface area contributed by atoms with Crippen molar-refractivity contribution < 1.29 is 14.3 Å². The summed E-state index contributed by atoms with van der Waals surface area (Å²) in [6.07, 6.45) is 1.44. The Bertz CT molecular complexity index is 473. The number of carboxylic acid groups (broad SMARTS) is 1. The minimum absolute atomic E-state index is 0.0177. The van der Waals surface area contributed by atoms with Gasteiger partial charge in [0.15, 0.2) is 0 Å². The summed E-state index contributed by atoms with van der Waals surface area (Å²) >= 11 is 5.71. The highest BCUT2D eigenvalue weighted by molar-refractivity contribution is 6.35. The summed E-state index contributed by atoms with van der Waals surface area (Å²) in [6, 6.07) is 4.95. The summed E-state index contributed by atoms with van der Waals surface area (Å²) in [6.45, 7) is 0. The van der Waals surface area contributed by atoms with E-state index in [1.54, 1.807) is 18.2 Å². The van der Waals surface area contributed by atoms with E-state index in [1.807, 2.05) is 0 Å². The Hall–Kier alpha value is -1.48. The summed E-state index contributed by atoms with van der Waals surface area (Å²) in [5.74, 6) is -1.08. The zero-order valence-corrected chi connectivity index (χ0v) is 7.21. The number of hydrogen-bond acceptors (Lipinski definition) is 2. The standard InChI is InChI=1S/C9H5ClO3/c10-6-2-1-5-3-4-13-8(5)7(6)9(11)12/h1-4H,(H,11,12). The molecule has 0 aliphatic heterocycles. The smallest absolute Gasteiger partial charge is 0.341 e. The Kier molecular flexibility index (Phi) is 1.74. The first-order valence-corrected chi connectivity index (χ1v) is 3.97. The molecule has 0 atom stereocenters. The van der Waals surface area contributed by atoms with Crippen LogP contribution in [0.4, 0.5) is 0 Å². The molecule has 0 saturated heterocycles. The van der Waals surface area contributed by atoms with Gasteiger partial charge >= 0.3 is 5.97 Å². The normalized spacial score (nSPS) is 10.5. The molecule has 0 spiro atoms. The third kappa shape index (κ3) is 1.17. The van der Waals surface area contributed by atoms with Crippen LogP contribution in [0.2, 0.25) is 5.02 Å². The number of carboxylic acids is 1. The van der Waals surface area contributed by atoms with Crippen LogP contribution >= 0.6 is 11.6 Å². The Labute approximate surface area is 78.5 Å². The van der Waals surface area contributed by atoms with Gasteiger partial charge < -0.3 is 9.52 Å². The molecule has 0 bridgehead atoms. The van der Waals surface area contributed by atoms with E-state index in [0.717, 1.165) is 5.39 Å². The molecule has 0 aliphatic carbocycles. The Morgan fingerprint density at radius 3 is 2.85 bits per heavy atom. The van der Waals surface area contributed by atoms with Crippen LogP contribution in [0.15, 0.2) is 28.9 Å². The molecule has 2 rings (SSSR count). The number of aromatic carboxylic acids is 1. The first-order chi connectivity index (χ1) is 6.20. The van der Waals surface area contributed by atoms with Gasteiger partial charge in [-0.15, -0.1) is 0 Å². The van der Waals surface area contributed by atoms with Gasteiger partial charge in [0, 0.05) is 5.39 Å². The van der Waals surface area contributed by atoms with Crippen molar-refractivity contribution in [1.29, 1.82) is 0 Å². The number of benzene rings is 1. The minimum atomic E-state index is -1.08. The van der Waals surface area contributed by atoms with Crippen LogP contribution in [-0.2, 0) is 0 Å². The largest absolute Gasteiger partial charge is 0.478 e. The van der Waals surface area contributed by atoms with Crippen molar-refractivity contribution in [1.82, 2.24) is 0 Å². The van der Waals surface area contributed by atoms with Crippen LogP contribution < -0.4 is 0 Å². The van der Waals surface area contributed by atoms with Crippen LogP contribution in [0.5, 0.6) is 0 Å². The van der Waals surface area contributed by atoms with Crippen molar-refractivity contribution in [2.24, 2.45) is 0 Å². The molecule has 1 aromatic heterocycles. The lowest BCUT2D eigenvalue weighted by Crippen LogP contribution is -1.97. The molecule has 4 heteroatoms. The van der Waals surface area contributed by atoms with Gasteiger partial charge in [-0.1, -0.05) is 11.6 Å². The molecule has 2 aromatic rings. The summed E-state index contributed by atoms with van der Waals surface area (Å²) < 4.78 is 5.03. The molecule has 0 amide bonds. The minimum Gasteiger partial charge on any atom is -0.478 e. The fourth-order valence-corrected chi connectivity index (χ4v) is 1.44. The van der Waals surface area contributed by atoms with Crippen LogP contribution in [0.3, 0.4) is 0 Å². The first kappa shape index (κ1) is 8.13. The molecular formula is C9H5ClO3. The average Bonchev–Trinajstić information content (AvgIpc) is 2.50. The maximum atomic E-state index is 10.8. The summed E-state index contributed by atoms with van der Waals surface area (Å²) in [5, 5.41) is 9.77. The second-order valence-electron chi connectivity index (χ2n) is 2.57. The molecule has 3 nitrogen and oxygen atoms in total. The maximum absolute atomic E-state index is 10.8. The maximum Gasteiger partial charge on any atom is 0.341 e. The van der Waals surface area contributed by atoms with Gasteiger partial charge in [-0.3, -0.25) is 0 Å². The number of fused-ring (bicyclic) bond motifs is 1. The lowest BCUT2D eigenvalue weighted by molar-refractivity contribution is 0.0698. The van der Waals surface area contributed by atoms with Crippen molar-refractivity contribution in [3.8, 4) is 0 Å². The second kappa shape index (κ2) is 2.78. The highest BCUT2D eigenvalue weighted by atomic mass is 35.5. The van der Waals surface area contributed by atoms with Crippen LogP contribution in [0, 0.1) is 0 Å². The van der Waals surface area contributed by atoms with Gasteiger partial charge in [-0.2, -0.15) is 0 Å². The van der Waals surface area contributed by atoms with E-state index in [2.05, 4.69) is 0 Å². The van der Waals surface area contributed by atoms with E-state index in [-0.39, 0.29) is 10.6 Å². The lowest BCUT2D eigenvalue weighted by atomic mass is 10.1. The summed E-state index contributed by atoms with van der Waals surface area (Å²) in [7, 11) is 0. The zero-order valence-electron chi connectivity index (χ0n) is 6.45. The van der Waals surface area contributed by atoms with Gasteiger partial charge in [0.25, 0.3) is 0 Å². The molecular weight excluding hydrogens is 192 g/mol. The van der Waals surface area contributed by atoms with E-state index >= 15 is 0 Å². The predicted octanol–water partition coefficient (Wildman–Crippen LogP) is 2.78. The van der Waals surface area contributed by atoms with E-state index < -0.39 is 5.97 Å². The predicted molar refractivity (Wildman–Crippen MR) is 48.2 cm³/mol. The van der Waals surface area contributed by atoms with Gasteiger partial charge in [0.2, 0.25) is 0 Å². The molecule has 1 aromatic carbocycles. The first-order valence-electron chi connectivity index (χ1n) is 3.59. The highest BCUT2D eigenvalue weighted by Crippen LogP contribution is 2.26. The quantitative estimate of drug-likeness (QED) is 0.763. The molecule has 0 fully saturated rings. The van der Waals surface area contributed by atoms with Crippen molar-refractivity contribution in [2.45, 2.75) is 0 Å². The van der Waals surface area contributed by atoms with Crippen LogP contribution in [-0.4, -0.2) is 11.1 Å². The molecule has 66 valence electrons. The Balaban J connectivity index is 2.88. The van der Waals surface area contributed by atoms with Crippen molar-refractivity contribution in [2.75, 3.05) is 0 Å². The molecule has 1 heterocycles. The van der Waals surface area contributed by atoms with Crippen LogP contribution in [0.1, 0.15) is 10.4 Å². The molecule has 0 radical (unpaired) electrons. The third-order valence-corrected chi connectivity index (χ3v) is 2.10. The number of halogens is 1. The van der Waals surface area contributed by atoms with E-state index in [4.69, 9.17) is 21.1 Å². The van der Waals surface area contributed by atoms with E-state index in [0.29, 0.717) is 5.58 Å². The SMILES string of the molecule is O=C(O)c1c(Cl)ccc2ccoc12. The fraction of sp³-hybridized carbons (Fsp3) is 0. The third-order valence-electron chi connectivity index (χ3n) is 1.78. The molecule has 13 heavy (non-hydrogen) atoms. The molecule has 0 aliphatic rings. The zero-order chi connectivity index (χ0) is 9.42. The average molecular weight is 197 g/mol. The topological polar surface area (TPSA) is 50.4 Å². The van der Waals surface area contributed by atoms with Gasteiger partial charge in [-0.05, 0) is 18.2 Å². The lowest BCUT2D eigenvalue weighted by Gasteiger charge is -1.98.